The molecule has 18 heavy (non-hydrogen) atoms. The molecule has 0 saturated carbocycles. The number of piperidine rings is 1. The van der Waals surface area contributed by atoms with Crippen molar-refractivity contribution in [1.29, 1.82) is 0 Å². The van der Waals surface area contributed by atoms with Crippen LogP contribution in [0.2, 0.25) is 10.0 Å². The van der Waals surface area contributed by atoms with Crippen molar-refractivity contribution >= 4 is 29.0 Å². The lowest BCUT2D eigenvalue weighted by molar-refractivity contribution is 0.150. The number of aromatic nitrogens is 1. The topological polar surface area (TPSA) is 28.2 Å². The molecule has 3 nitrogen and oxygen atoms in total. The van der Waals surface area contributed by atoms with Crippen molar-refractivity contribution in [3.8, 4) is 0 Å². The zero-order valence-electron chi connectivity index (χ0n) is 10.8. The van der Waals surface area contributed by atoms with Crippen molar-refractivity contribution in [3.63, 3.8) is 0 Å². The van der Waals surface area contributed by atoms with E-state index in [0.717, 1.165) is 25.5 Å². The van der Waals surface area contributed by atoms with Gasteiger partial charge in [0.15, 0.2) is 0 Å². The first-order valence-electron chi connectivity index (χ1n) is 6.22. The van der Waals surface area contributed by atoms with Gasteiger partial charge in [0.25, 0.3) is 0 Å². The third-order valence-electron chi connectivity index (χ3n) is 3.68. The Morgan fingerprint density at radius 1 is 1.39 bits per heavy atom. The summed E-state index contributed by atoms with van der Waals surface area (Å²) in [5, 5.41) is 4.49. The zero-order valence-corrected chi connectivity index (χ0v) is 12.4. The van der Waals surface area contributed by atoms with E-state index in [4.69, 9.17) is 23.2 Å². The number of halogens is 2. The summed E-state index contributed by atoms with van der Waals surface area (Å²) in [6.45, 7) is 5.52. The lowest BCUT2D eigenvalue weighted by Gasteiger charge is -2.38. The first kappa shape index (κ1) is 13.9. The lowest BCUT2D eigenvalue weighted by Crippen LogP contribution is -2.40. The Hall–Kier alpha value is -0.510. The molecule has 1 fully saturated rings. The summed E-state index contributed by atoms with van der Waals surface area (Å²) in [5.41, 5.74) is 0.317. The Labute approximate surface area is 118 Å². The molecule has 1 N–H and O–H groups in total. The van der Waals surface area contributed by atoms with Crippen LogP contribution in [0.3, 0.4) is 0 Å². The van der Waals surface area contributed by atoms with Crippen LogP contribution in [-0.2, 0) is 0 Å². The Balaban J connectivity index is 1.94. The van der Waals surface area contributed by atoms with E-state index >= 15 is 0 Å². The summed E-state index contributed by atoms with van der Waals surface area (Å²) in [6, 6.07) is 1.72. The summed E-state index contributed by atoms with van der Waals surface area (Å²) < 4.78 is 0. The van der Waals surface area contributed by atoms with E-state index in [-0.39, 0.29) is 0 Å². The number of anilines is 1. The molecule has 1 aliphatic heterocycles. The highest BCUT2D eigenvalue weighted by Crippen LogP contribution is 2.31. The van der Waals surface area contributed by atoms with Crippen molar-refractivity contribution < 1.29 is 0 Å². The minimum atomic E-state index is 0.317. The van der Waals surface area contributed by atoms with Crippen molar-refractivity contribution in [2.24, 2.45) is 5.41 Å². The summed E-state index contributed by atoms with van der Waals surface area (Å²) in [5.74, 6) is 0.723. The quantitative estimate of drug-likeness (QED) is 0.922. The molecule has 0 unspecified atom stereocenters. The Kier molecular flexibility index (Phi) is 4.36. The highest BCUT2D eigenvalue weighted by molar-refractivity contribution is 6.35. The second-order valence-corrected chi connectivity index (χ2v) is 6.30. The minimum Gasteiger partial charge on any atom is -0.368 e. The number of likely N-dealkylation sites (tertiary alicyclic amines) is 1. The van der Waals surface area contributed by atoms with Gasteiger partial charge in [-0.2, -0.15) is 0 Å². The van der Waals surface area contributed by atoms with Crippen LogP contribution in [0.4, 0.5) is 5.82 Å². The van der Waals surface area contributed by atoms with Crippen molar-refractivity contribution in [3.05, 3.63) is 22.3 Å². The van der Waals surface area contributed by atoms with Gasteiger partial charge in [-0.3, -0.25) is 0 Å². The Morgan fingerprint density at radius 3 is 2.67 bits per heavy atom. The maximum atomic E-state index is 6.10. The van der Waals surface area contributed by atoms with E-state index in [9.17, 15) is 0 Å². The maximum Gasteiger partial charge on any atom is 0.144 e. The predicted molar refractivity (Wildman–Crippen MR) is 77.6 cm³/mol. The fourth-order valence-electron chi connectivity index (χ4n) is 2.18. The largest absolute Gasteiger partial charge is 0.368 e. The van der Waals surface area contributed by atoms with Gasteiger partial charge in [-0.05, 0) is 44.5 Å². The van der Waals surface area contributed by atoms with Gasteiger partial charge in [-0.1, -0.05) is 30.1 Å². The van der Waals surface area contributed by atoms with Crippen LogP contribution in [0.15, 0.2) is 12.3 Å². The zero-order chi connectivity index (χ0) is 13.2. The molecule has 0 spiro atoms. The maximum absolute atomic E-state index is 6.10. The van der Waals surface area contributed by atoms with E-state index in [1.807, 2.05) is 0 Å². The molecule has 1 saturated heterocycles. The number of rotatable bonds is 3. The van der Waals surface area contributed by atoms with Crippen LogP contribution in [-0.4, -0.2) is 36.6 Å². The van der Waals surface area contributed by atoms with E-state index < -0.39 is 0 Å². The van der Waals surface area contributed by atoms with Crippen LogP contribution < -0.4 is 5.32 Å². The normalized spacial score (nSPS) is 19.8. The van der Waals surface area contributed by atoms with Gasteiger partial charge >= 0.3 is 0 Å². The molecular weight excluding hydrogens is 269 g/mol. The molecule has 1 aromatic rings. The molecule has 1 aliphatic rings. The molecule has 0 radical (unpaired) electrons. The van der Waals surface area contributed by atoms with Crippen molar-refractivity contribution in [2.45, 2.75) is 19.8 Å². The highest BCUT2D eigenvalue weighted by Gasteiger charge is 2.28. The summed E-state index contributed by atoms with van der Waals surface area (Å²) in [6.07, 6.45) is 4.01. The Morgan fingerprint density at radius 2 is 2.06 bits per heavy atom. The third-order valence-corrected chi connectivity index (χ3v) is 4.18. The molecule has 0 aliphatic carbocycles. The lowest BCUT2D eigenvalue weighted by atomic mass is 9.80. The standard InChI is InChI=1S/C13H19Cl2N3/c1-13(3-5-18(2)6-4-13)9-17-12-11(15)7-10(14)8-16-12/h7-8H,3-6,9H2,1-2H3,(H,16,17). The molecule has 100 valence electrons. The van der Waals surface area contributed by atoms with E-state index in [1.54, 1.807) is 12.3 Å². The molecule has 0 bridgehead atoms. The van der Waals surface area contributed by atoms with Crippen LogP contribution in [0.1, 0.15) is 19.8 Å². The third kappa shape index (κ3) is 3.50. The summed E-state index contributed by atoms with van der Waals surface area (Å²) in [4.78, 5) is 6.59. The average molecular weight is 288 g/mol. The second-order valence-electron chi connectivity index (χ2n) is 5.45. The molecule has 5 heteroatoms. The predicted octanol–water partition coefficient (Wildman–Crippen LogP) is 3.53. The van der Waals surface area contributed by atoms with E-state index in [1.165, 1.54) is 12.8 Å². The molecule has 1 aromatic heterocycles. The molecule has 2 heterocycles. The fourth-order valence-corrected chi connectivity index (χ4v) is 2.62. The van der Waals surface area contributed by atoms with Gasteiger partial charge in [0, 0.05) is 12.7 Å². The number of nitrogens with zero attached hydrogens (tertiary/aromatic N) is 2. The smallest absolute Gasteiger partial charge is 0.144 e. The van der Waals surface area contributed by atoms with Gasteiger partial charge < -0.3 is 10.2 Å². The fraction of sp³-hybridized carbons (Fsp3) is 0.615. The monoisotopic (exact) mass is 287 g/mol. The van der Waals surface area contributed by atoms with Crippen LogP contribution in [0.25, 0.3) is 0 Å². The van der Waals surface area contributed by atoms with Crippen LogP contribution >= 0.6 is 23.2 Å². The van der Waals surface area contributed by atoms with Crippen LogP contribution in [0, 0.1) is 5.41 Å². The molecule has 0 aromatic carbocycles. The van der Waals surface area contributed by atoms with Gasteiger partial charge in [0.2, 0.25) is 0 Å². The second kappa shape index (κ2) is 5.64. The number of pyridine rings is 1. The first-order valence-corrected chi connectivity index (χ1v) is 6.98. The summed E-state index contributed by atoms with van der Waals surface area (Å²) in [7, 11) is 2.17. The SMILES string of the molecule is CN1CCC(C)(CNc2ncc(Cl)cc2Cl)CC1. The average Bonchev–Trinajstić information content (AvgIpc) is 2.32. The summed E-state index contributed by atoms with van der Waals surface area (Å²) >= 11 is 11.9. The molecule has 2 rings (SSSR count). The van der Waals surface area contributed by atoms with Crippen molar-refractivity contribution in [1.82, 2.24) is 9.88 Å². The van der Waals surface area contributed by atoms with Gasteiger partial charge in [-0.15, -0.1) is 0 Å². The molecule has 0 atom stereocenters. The number of nitrogens with one attached hydrogen (secondary N) is 1. The van der Waals surface area contributed by atoms with E-state index in [0.29, 0.717) is 15.5 Å². The first-order chi connectivity index (χ1) is 8.48. The van der Waals surface area contributed by atoms with Gasteiger partial charge in [0.05, 0.1) is 10.0 Å². The van der Waals surface area contributed by atoms with Gasteiger partial charge in [-0.25, -0.2) is 4.98 Å². The van der Waals surface area contributed by atoms with Crippen molar-refractivity contribution in [2.75, 3.05) is 32.0 Å². The minimum absolute atomic E-state index is 0.317. The van der Waals surface area contributed by atoms with Crippen LogP contribution in [0.5, 0.6) is 0 Å². The number of hydrogen-bond acceptors (Lipinski definition) is 3. The molecule has 0 amide bonds. The number of hydrogen-bond donors (Lipinski definition) is 1. The molecular formula is C13H19Cl2N3. The van der Waals surface area contributed by atoms with E-state index in [2.05, 4.69) is 29.2 Å². The van der Waals surface area contributed by atoms with Gasteiger partial charge in [0.1, 0.15) is 5.82 Å². The Bertz CT molecular complexity index is 415. The highest BCUT2D eigenvalue weighted by atomic mass is 35.5.